The molecule has 0 spiro atoms. The van der Waals surface area contributed by atoms with Crippen molar-refractivity contribution in [1.29, 1.82) is 0 Å². The zero-order valence-corrected chi connectivity index (χ0v) is 27.9. The van der Waals surface area contributed by atoms with E-state index in [9.17, 15) is 35.1 Å². The number of nitrogens with one attached hydrogen (secondary N) is 2. The third-order valence-corrected chi connectivity index (χ3v) is 8.24. The summed E-state index contributed by atoms with van der Waals surface area (Å²) in [5.41, 5.74) is 1.22. The number of aromatic nitrogens is 1. The van der Waals surface area contributed by atoms with Gasteiger partial charge in [-0.3, -0.25) is 9.59 Å². The van der Waals surface area contributed by atoms with Crippen LogP contribution in [0.5, 0.6) is 23.0 Å². The number of pyridine rings is 1. The van der Waals surface area contributed by atoms with Crippen molar-refractivity contribution in [1.82, 2.24) is 4.98 Å². The number of fused-ring (bicyclic) bond motifs is 1. The summed E-state index contributed by atoms with van der Waals surface area (Å²) in [5.74, 6) is -0.0877. The van der Waals surface area contributed by atoms with E-state index < -0.39 is 48.8 Å². The molecule has 14 nitrogen and oxygen atoms in total. The van der Waals surface area contributed by atoms with Crippen molar-refractivity contribution >= 4 is 28.6 Å². The molecular weight excluding hydrogens is 640 g/mol. The molecule has 0 aliphatic carbocycles. The second kappa shape index (κ2) is 18.0. The third kappa shape index (κ3) is 9.29. The topological polar surface area (TPSA) is 209 Å². The maximum absolute atomic E-state index is 12.9. The van der Waals surface area contributed by atoms with Crippen LogP contribution in [0.3, 0.4) is 0 Å². The molecule has 1 aromatic heterocycles. The average Bonchev–Trinajstić information content (AvgIpc) is 3.10. The Hall–Kier alpha value is -4.18. The number of methoxy groups -OCH3 is 2. The highest BCUT2D eigenvalue weighted by molar-refractivity contribution is 6.03. The average molecular weight is 687 g/mol. The van der Waals surface area contributed by atoms with Crippen molar-refractivity contribution in [2.45, 2.75) is 82.8 Å². The number of aliphatic hydroxyl groups is 5. The molecule has 268 valence electrons. The molecule has 14 heteroatoms. The van der Waals surface area contributed by atoms with Crippen LogP contribution in [0, 0.1) is 0 Å². The van der Waals surface area contributed by atoms with Gasteiger partial charge in [-0.25, -0.2) is 0 Å². The maximum atomic E-state index is 12.9. The summed E-state index contributed by atoms with van der Waals surface area (Å²) in [6.07, 6.45) is 1.75. The van der Waals surface area contributed by atoms with Crippen molar-refractivity contribution in [3.8, 4) is 23.0 Å². The first-order valence-electron chi connectivity index (χ1n) is 16.3. The van der Waals surface area contributed by atoms with Gasteiger partial charge >= 0.3 is 0 Å². The van der Waals surface area contributed by atoms with E-state index in [2.05, 4.69) is 17.2 Å². The molecule has 49 heavy (non-hydrogen) atoms. The van der Waals surface area contributed by atoms with Crippen LogP contribution in [0.2, 0.25) is 0 Å². The Bertz CT molecular complexity index is 1610. The number of hydrogen-bond acceptors (Lipinski definition) is 12. The van der Waals surface area contributed by atoms with Crippen molar-refractivity contribution < 1.29 is 54.0 Å². The molecule has 1 amide bonds. The minimum atomic E-state index is -1.65. The monoisotopic (exact) mass is 686 g/mol. The van der Waals surface area contributed by atoms with E-state index in [-0.39, 0.29) is 29.6 Å². The van der Waals surface area contributed by atoms with Gasteiger partial charge in [0, 0.05) is 22.7 Å². The standard InChI is InChI=1S/C35H46N2O12/c1-4-5-6-7-8-9-14-47-32-23(18-38)22-12-11-21(17-24(22)37-34(32)44)36-28(40)13-10-20-15-25(45-2)33(26(16-20)46-3)49-35-31(43)30(42)29(41)27(19-39)48-35/h10-13,15-17,27,29-31,35,38-39,41-43H,4-9,14,18-19H2,1-3H3,(H,36,40)(H,37,44)/t27-,29+,30+,31-,35+/m1/s1. The van der Waals surface area contributed by atoms with E-state index in [4.69, 9.17) is 23.7 Å². The first kappa shape index (κ1) is 37.6. The quantitative estimate of drug-likeness (QED) is 0.0808. The van der Waals surface area contributed by atoms with E-state index in [1.165, 1.54) is 57.8 Å². The van der Waals surface area contributed by atoms with Gasteiger partial charge in [0.1, 0.15) is 24.4 Å². The number of anilines is 1. The second-order valence-electron chi connectivity index (χ2n) is 11.7. The highest BCUT2D eigenvalue weighted by atomic mass is 16.7. The number of aromatic amines is 1. The Morgan fingerprint density at radius 1 is 0.939 bits per heavy atom. The number of amides is 1. The van der Waals surface area contributed by atoms with Crippen molar-refractivity contribution in [3.63, 3.8) is 0 Å². The third-order valence-electron chi connectivity index (χ3n) is 8.24. The fourth-order valence-corrected chi connectivity index (χ4v) is 5.54. The Kier molecular flexibility index (Phi) is 13.8. The summed E-state index contributed by atoms with van der Waals surface area (Å²) in [4.78, 5) is 28.5. The summed E-state index contributed by atoms with van der Waals surface area (Å²) in [6.45, 7) is 1.52. The van der Waals surface area contributed by atoms with Gasteiger partial charge in [-0.2, -0.15) is 0 Å². The highest BCUT2D eigenvalue weighted by Gasteiger charge is 2.45. The number of unbranched alkanes of at least 4 members (excludes halogenated alkanes) is 5. The molecule has 0 radical (unpaired) electrons. The summed E-state index contributed by atoms with van der Waals surface area (Å²) in [7, 11) is 2.73. The Labute approximate surface area is 283 Å². The Balaban J connectivity index is 1.45. The lowest BCUT2D eigenvalue weighted by Gasteiger charge is -2.39. The van der Waals surface area contributed by atoms with E-state index in [1.807, 2.05) is 0 Å². The predicted molar refractivity (Wildman–Crippen MR) is 181 cm³/mol. The minimum Gasteiger partial charge on any atom is -0.493 e. The van der Waals surface area contributed by atoms with E-state index in [0.29, 0.717) is 34.3 Å². The van der Waals surface area contributed by atoms with Crippen LogP contribution in [0.25, 0.3) is 17.0 Å². The number of carbonyl (C=O) groups excluding carboxylic acids is 1. The molecule has 1 fully saturated rings. The normalized spacial score (nSPS) is 20.8. The van der Waals surface area contributed by atoms with Crippen LogP contribution in [-0.4, -0.2) is 94.6 Å². The van der Waals surface area contributed by atoms with Crippen molar-refractivity contribution in [3.05, 3.63) is 57.9 Å². The number of ether oxygens (including phenoxy) is 5. The molecule has 3 aromatic rings. The molecule has 0 saturated carbocycles. The number of carbonyl (C=O) groups is 1. The van der Waals surface area contributed by atoms with E-state index >= 15 is 0 Å². The fraction of sp³-hybridized carbons (Fsp3) is 0.486. The minimum absolute atomic E-state index is 0.0132. The van der Waals surface area contributed by atoms with E-state index in [0.717, 1.165) is 19.3 Å². The summed E-state index contributed by atoms with van der Waals surface area (Å²) >= 11 is 0. The molecule has 1 aliphatic rings. The largest absolute Gasteiger partial charge is 0.493 e. The lowest BCUT2D eigenvalue weighted by atomic mass is 9.99. The van der Waals surface area contributed by atoms with Gasteiger partial charge in [0.15, 0.2) is 17.2 Å². The van der Waals surface area contributed by atoms with Gasteiger partial charge in [0.25, 0.3) is 5.56 Å². The lowest BCUT2D eigenvalue weighted by Crippen LogP contribution is -2.60. The van der Waals surface area contributed by atoms with E-state index in [1.54, 1.807) is 18.2 Å². The molecule has 1 saturated heterocycles. The molecular formula is C35H46N2O12. The summed E-state index contributed by atoms with van der Waals surface area (Å²) in [6, 6.07) is 8.01. The molecule has 5 atom stereocenters. The Morgan fingerprint density at radius 3 is 2.29 bits per heavy atom. The van der Waals surface area contributed by atoms with Crippen molar-refractivity contribution in [2.75, 3.05) is 32.8 Å². The van der Waals surface area contributed by atoms with Crippen LogP contribution in [-0.2, 0) is 16.1 Å². The molecule has 0 unspecified atom stereocenters. The molecule has 2 aromatic carbocycles. The van der Waals surface area contributed by atoms with Crippen LogP contribution >= 0.6 is 0 Å². The predicted octanol–water partition coefficient (Wildman–Crippen LogP) is 2.61. The second-order valence-corrected chi connectivity index (χ2v) is 11.7. The summed E-state index contributed by atoms with van der Waals surface area (Å²) in [5, 5.41) is 53.5. The van der Waals surface area contributed by atoms with Crippen LogP contribution in [0.4, 0.5) is 5.69 Å². The first-order chi connectivity index (χ1) is 23.6. The van der Waals surface area contributed by atoms with Gasteiger partial charge in [-0.15, -0.1) is 0 Å². The SMILES string of the molecule is CCCCCCCCOc1c(CO)c2ccc(NC(=O)C=Cc3cc(OC)c(O[C@@H]4O[C@H](CO)[C@H](O)[C@H](O)[C@H]4O)c(OC)c3)cc2[nH]c1=O. The molecule has 7 N–H and O–H groups in total. The van der Waals surface area contributed by atoms with Gasteiger partial charge in [0.05, 0.1) is 39.6 Å². The zero-order valence-electron chi connectivity index (χ0n) is 27.9. The van der Waals surface area contributed by atoms with Crippen LogP contribution in [0.15, 0.2) is 41.2 Å². The number of hydrogen-bond donors (Lipinski definition) is 7. The zero-order chi connectivity index (χ0) is 35.5. The molecule has 4 rings (SSSR count). The molecule has 1 aliphatic heterocycles. The van der Waals surface area contributed by atoms with Crippen LogP contribution in [0.1, 0.15) is 56.6 Å². The molecule has 0 bridgehead atoms. The fourth-order valence-electron chi connectivity index (χ4n) is 5.54. The number of aliphatic hydroxyl groups excluding tert-OH is 5. The summed E-state index contributed by atoms with van der Waals surface area (Å²) < 4.78 is 27.9. The Morgan fingerprint density at radius 2 is 1.63 bits per heavy atom. The van der Waals surface area contributed by atoms with Gasteiger partial charge in [-0.05, 0) is 42.3 Å². The highest BCUT2D eigenvalue weighted by Crippen LogP contribution is 2.41. The maximum Gasteiger partial charge on any atom is 0.291 e. The van der Waals surface area contributed by atoms with Gasteiger partial charge in [0.2, 0.25) is 17.9 Å². The number of benzene rings is 2. The lowest BCUT2D eigenvalue weighted by molar-refractivity contribution is -0.277. The first-order valence-corrected chi connectivity index (χ1v) is 16.3. The molecule has 2 heterocycles. The van der Waals surface area contributed by atoms with Gasteiger partial charge < -0.3 is 59.5 Å². The van der Waals surface area contributed by atoms with Gasteiger partial charge in [-0.1, -0.05) is 45.1 Å². The smallest absolute Gasteiger partial charge is 0.291 e. The van der Waals surface area contributed by atoms with Crippen LogP contribution < -0.4 is 29.8 Å². The number of rotatable bonds is 17. The van der Waals surface area contributed by atoms with Crippen molar-refractivity contribution in [2.24, 2.45) is 0 Å². The number of H-pyrrole nitrogens is 1.